The van der Waals surface area contributed by atoms with Gasteiger partial charge in [-0.15, -0.1) is 0 Å². The van der Waals surface area contributed by atoms with Crippen molar-refractivity contribution in [2.75, 3.05) is 5.43 Å². The van der Waals surface area contributed by atoms with E-state index in [1.807, 2.05) is 31.2 Å². The number of benzene rings is 2. The van der Waals surface area contributed by atoms with Crippen LogP contribution in [0.15, 0.2) is 47.6 Å². The first-order chi connectivity index (χ1) is 10.1. The van der Waals surface area contributed by atoms with Crippen molar-refractivity contribution in [1.29, 1.82) is 0 Å². The summed E-state index contributed by atoms with van der Waals surface area (Å²) in [6.45, 7) is 1.85. The predicted molar refractivity (Wildman–Crippen MR) is 88.4 cm³/mol. The van der Waals surface area contributed by atoms with E-state index < -0.39 is 0 Å². The second kappa shape index (κ2) is 5.76. The van der Waals surface area contributed by atoms with Gasteiger partial charge in [-0.1, -0.05) is 35.3 Å². The Morgan fingerprint density at radius 1 is 1.19 bits per heavy atom. The summed E-state index contributed by atoms with van der Waals surface area (Å²) in [6, 6.07) is 13.0. The Balaban J connectivity index is 1.86. The number of rotatable bonds is 3. The molecule has 21 heavy (non-hydrogen) atoms. The molecule has 0 aliphatic carbocycles. The number of aromatic amines is 1. The van der Waals surface area contributed by atoms with E-state index in [0.717, 1.165) is 22.3 Å². The number of nitrogens with one attached hydrogen (secondary N) is 2. The van der Waals surface area contributed by atoms with Gasteiger partial charge in [-0.05, 0) is 37.3 Å². The number of nitrogens with zero attached hydrogens (tertiary/aromatic N) is 2. The number of hydrazone groups is 1. The van der Waals surface area contributed by atoms with E-state index >= 15 is 0 Å². The first-order valence-electron chi connectivity index (χ1n) is 6.34. The number of H-pyrrole nitrogens is 1. The van der Waals surface area contributed by atoms with Crippen LogP contribution >= 0.6 is 23.2 Å². The highest BCUT2D eigenvalue weighted by molar-refractivity contribution is 6.36. The fourth-order valence-corrected chi connectivity index (χ4v) is 2.40. The van der Waals surface area contributed by atoms with Gasteiger partial charge in [-0.2, -0.15) is 5.10 Å². The molecule has 3 rings (SSSR count). The maximum absolute atomic E-state index is 6.15. The molecule has 0 saturated heterocycles. The molecule has 0 atom stereocenters. The highest BCUT2D eigenvalue weighted by atomic mass is 35.5. The zero-order chi connectivity index (χ0) is 14.8. The minimum Gasteiger partial charge on any atom is -0.323 e. The quantitative estimate of drug-likeness (QED) is 0.543. The van der Waals surface area contributed by atoms with Gasteiger partial charge in [-0.3, -0.25) is 0 Å². The maximum atomic E-state index is 6.15. The van der Waals surface area contributed by atoms with E-state index in [0.29, 0.717) is 16.0 Å². The molecule has 0 bridgehead atoms. The molecule has 0 radical (unpaired) electrons. The molecule has 0 saturated carbocycles. The van der Waals surface area contributed by atoms with Crippen LogP contribution in [-0.2, 0) is 0 Å². The van der Waals surface area contributed by atoms with Crippen molar-refractivity contribution in [3.05, 3.63) is 58.1 Å². The lowest BCUT2D eigenvalue weighted by Gasteiger charge is -2.04. The number of imidazole rings is 1. The van der Waals surface area contributed by atoms with Gasteiger partial charge in [0.1, 0.15) is 0 Å². The van der Waals surface area contributed by atoms with Crippen LogP contribution in [0.4, 0.5) is 5.95 Å². The normalized spacial score (nSPS) is 11.9. The molecule has 1 heterocycles. The lowest BCUT2D eigenvalue weighted by Crippen LogP contribution is -2.01. The van der Waals surface area contributed by atoms with Gasteiger partial charge in [0.25, 0.3) is 0 Å². The van der Waals surface area contributed by atoms with E-state index in [4.69, 9.17) is 23.2 Å². The van der Waals surface area contributed by atoms with E-state index in [-0.39, 0.29) is 0 Å². The highest BCUT2D eigenvalue weighted by Crippen LogP contribution is 2.21. The number of para-hydroxylation sites is 2. The Morgan fingerprint density at radius 3 is 2.81 bits per heavy atom. The van der Waals surface area contributed by atoms with E-state index in [1.165, 1.54) is 0 Å². The number of aromatic nitrogens is 2. The molecule has 0 aliphatic heterocycles. The number of anilines is 1. The minimum absolute atomic E-state index is 0.578. The molecule has 106 valence electrons. The third-order valence-corrected chi connectivity index (χ3v) is 3.60. The molecule has 0 amide bonds. The second-order valence-electron chi connectivity index (χ2n) is 4.54. The van der Waals surface area contributed by atoms with Crippen LogP contribution in [-0.4, -0.2) is 15.7 Å². The number of hydrogen-bond acceptors (Lipinski definition) is 3. The monoisotopic (exact) mass is 318 g/mol. The first kappa shape index (κ1) is 13.9. The summed E-state index contributed by atoms with van der Waals surface area (Å²) in [7, 11) is 0. The van der Waals surface area contributed by atoms with E-state index in [9.17, 15) is 0 Å². The summed E-state index contributed by atoms with van der Waals surface area (Å²) in [6.07, 6.45) is 0. The number of halogens is 2. The smallest absolute Gasteiger partial charge is 0.222 e. The SMILES string of the molecule is C/C(=N\Nc1nc2ccccc2[nH]1)c1cc(Cl)ccc1Cl. The molecule has 0 aliphatic rings. The fourth-order valence-electron chi connectivity index (χ4n) is 1.98. The van der Waals surface area contributed by atoms with Crippen molar-refractivity contribution < 1.29 is 0 Å². The van der Waals surface area contributed by atoms with Gasteiger partial charge >= 0.3 is 0 Å². The molecule has 0 fully saturated rings. The van der Waals surface area contributed by atoms with Gasteiger partial charge in [0.15, 0.2) is 0 Å². The molecule has 4 nitrogen and oxygen atoms in total. The predicted octanol–water partition coefficient (Wildman–Crippen LogP) is 4.71. The van der Waals surface area contributed by atoms with Crippen LogP contribution in [0.5, 0.6) is 0 Å². The molecule has 6 heteroatoms. The Morgan fingerprint density at radius 2 is 2.00 bits per heavy atom. The molecule has 2 N–H and O–H groups in total. The standard InChI is InChI=1S/C15H12Cl2N4/c1-9(11-8-10(16)6-7-12(11)17)20-21-15-18-13-4-2-3-5-14(13)19-15/h2-8H,1H3,(H2,18,19,21)/b20-9+. The van der Waals surface area contributed by atoms with Crippen molar-refractivity contribution in [3.63, 3.8) is 0 Å². The van der Waals surface area contributed by atoms with Crippen LogP contribution in [0.2, 0.25) is 10.0 Å². The largest absolute Gasteiger partial charge is 0.323 e. The first-order valence-corrected chi connectivity index (χ1v) is 7.09. The fraction of sp³-hybridized carbons (Fsp3) is 0.0667. The van der Waals surface area contributed by atoms with Crippen LogP contribution in [0, 0.1) is 0 Å². The summed E-state index contributed by atoms with van der Waals surface area (Å²) in [5.74, 6) is 0.578. The third-order valence-electron chi connectivity index (χ3n) is 3.04. The van der Waals surface area contributed by atoms with Gasteiger partial charge in [0.2, 0.25) is 5.95 Å². The maximum Gasteiger partial charge on any atom is 0.222 e. The minimum atomic E-state index is 0.578. The Bertz CT molecular complexity index is 790. The molecule has 0 spiro atoms. The third kappa shape index (κ3) is 3.01. The average Bonchev–Trinajstić information content (AvgIpc) is 2.90. The molecule has 2 aromatic carbocycles. The summed E-state index contributed by atoms with van der Waals surface area (Å²) < 4.78 is 0. The Labute approximate surface area is 131 Å². The van der Waals surface area contributed by atoms with Gasteiger partial charge in [0.05, 0.1) is 16.7 Å². The van der Waals surface area contributed by atoms with Crippen molar-refractivity contribution >= 4 is 45.9 Å². The van der Waals surface area contributed by atoms with Crippen molar-refractivity contribution in [3.8, 4) is 0 Å². The lowest BCUT2D eigenvalue weighted by molar-refractivity contribution is 1.20. The zero-order valence-corrected chi connectivity index (χ0v) is 12.7. The topological polar surface area (TPSA) is 53.1 Å². The van der Waals surface area contributed by atoms with Gasteiger partial charge < -0.3 is 4.98 Å². The number of fused-ring (bicyclic) bond motifs is 1. The zero-order valence-electron chi connectivity index (χ0n) is 11.2. The molecular formula is C15H12Cl2N4. The average molecular weight is 319 g/mol. The van der Waals surface area contributed by atoms with Gasteiger partial charge in [-0.25, -0.2) is 10.4 Å². The summed E-state index contributed by atoms with van der Waals surface area (Å²) in [4.78, 5) is 7.53. The van der Waals surface area contributed by atoms with Crippen LogP contribution in [0.1, 0.15) is 12.5 Å². The second-order valence-corrected chi connectivity index (χ2v) is 5.38. The summed E-state index contributed by atoms with van der Waals surface area (Å²) in [5.41, 5.74) is 6.24. The summed E-state index contributed by atoms with van der Waals surface area (Å²) >= 11 is 12.1. The van der Waals surface area contributed by atoms with Crippen LogP contribution < -0.4 is 5.43 Å². The lowest BCUT2D eigenvalue weighted by atomic mass is 10.1. The number of hydrogen-bond donors (Lipinski definition) is 2. The Kier molecular flexibility index (Phi) is 3.82. The van der Waals surface area contributed by atoms with Crippen LogP contribution in [0.3, 0.4) is 0 Å². The van der Waals surface area contributed by atoms with Crippen molar-refractivity contribution in [1.82, 2.24) is 9.97 Å². The Hall–Kier alpha value is -2.04. The van der Waals surface area contributed by atoms with E-state index in [1.54, 1.807) is 18.2 Å². The van der Waals surface area contributed by atoms with Gasteiger partial charge in [0, 0.05) is 15.6 Å². The van der Waals surface area contributed by atoms with E-state index in [2.05, 4.69) is 20.5 Å². The van der Waals surface area contributed by atoms with Crippen molar-refractivity contribution in [2.24, 2.45) is 5.10 Å². The molecule has 0 unspecified atom stereocenters. The summed E-state index contributed by atoms with van der Waals surface area (Å²) in [5, 5.41) is 5.51. The highest BCUT2D eigenvalue weighted by Gasteiger charge is 2.06. The van der Waals surface area contributed by atoms with Crippen LogP contribution in [0.25, 0.3) is 11.0 Å². The molecular weight excluding hydrogens is 307 g/mol. The molecule has 1 aromatic heterocycles. The van der Waals surface area contributed by atoms with Crippen molar-refractivity contribution in [2.45, 2.75) is 6.92 Å². The molecule has 3 aromatic rings.